The Morgan fingerprint density at radius 1 is 0.319 bits per heavy atom. The van der Waals surface area contributed by atoms with Crippen molar-refractivity contribution < 1.29 is 29.2 Å². The van der Waals surface area contributed by atoms with E-state index in [2.05, 4.69) is 121 Å². The van der Waals surface area contributed by atoms with Gasteiger partial charge in [0.05, 0.1) is 0 Å². The van der Waals surface area contributed by atoms with Crippen LogP contribution in [0.1, 0.15) is 22.3 Å². The lowest BCUT2D eigenvalue weighted by Crippen LogP contribution is -2.55. The van der Waals surface area contributed by atoms with Gasteiger partial charge in [-0.15, -0.1) is 0 Å². The number of rotatable bonds is 8. The second-order valence-corrected chi connectivity index (χ2v) is 18.3. The van der Waals surface area contributed by atoms with Crippen molar-refractivity contribution in [2.75, 3.05) is 14.2 Å². The molecular weight excluding hydrogens is 853 g/mol. The van der Waals surface area contributed by atoms with Gasteiger partial charge in [0.15, 0.2) is 0 Å². The molecule has 1 fully saturated rings. The minimum atomic E-state index is -2.20. The third kappa shape index (κ3) is 6.08. The standard InChI is InChI=1S/C63H46O6/c1-66-63(67-2)68-59(61(64,55-35-39-19-3-7-23-43(39)47-27-11-15-31-51(47)55)56-36-40-20-4-8-24-44(40)48-28-12-16-32-52(48)56)60(69-63)62(65,57-37-41-21-5-9-25-45(41)49-29-13-17-33-53(49)57)58-38-42-22-6-10-26-46(42)50-30-14-18-34-54(50)58/h3-38,59-60,64-65H,1-2H3. The summed E-state index contributed by atoms with van der Waals surface area (Å²) in [7, 11) is 2.91. The summed E-state index contributed by atoms with van der Waals surface area (Å²) in [6.07, 6.45) is -5.10. The molecule has 1 aliphatic heterocycles. The molecule has 2 unspecified atom stereocenters. The number of methoxy groups -OCH3 is 2. The van der Waals surface area contributed by atoms with Crippen LogP contribution in [0.5, 0.6) is 0 Å². The molecule has 12 aromatic rings. The summed E-state index contributed by atoms with van der Waals surface area (Å²) in [5, 5.41) is 45.2. The second kappa shape index (κ2) is 15.8. The minimum Gasteiger partial charge on any atom is -0.377 e. The molecular formula is C63H46O6. The van der Waals surface area contributed by atoms with Crippen LogP contribution < -0.4 is 0 Å². The zero-order valence-corrected chi connectivity index (χ0v) is 38.0. The van der Waals surface area contributed by atoms with Gasteiger partial charge in [-0.2, -0.15) is 0 Å². The van der Waals surface area contributed by atoms with E-state index in [9.17, 15) is 0 Å². The van der Waals surface area contributed by atoms with Gasteiger partial charge >= 0.3 is 6.16 Å². The summed E-state index contributed by atoms with van der Waals surface area (Å²) in [5.74, 6) is 0. The number of hydrogen-bond donors (Lipinski definition) is 2. The molecule has 334 valence electrons. The molecule has 6 heteroatoms. The van der Waals surface area contributed by atoms with Crippen molar-refractivity contribution in [3.63, 3.8) is 0 Å². The lowest BCUT2D eigenvalue weighted by molar-refractivity contribution is -0.461. The van der Waals surface area contributed by atoms with E-state index >= 15 is 10.2 Å². The van der Waals surface area contributed by atoms with E-state index in [1.165, 1.54) is 14.2 Å². The van der Waals surface area contributed by atoms with E-state index in [-0.39, 0.29) is 0 Å². The molecule has 2 N–H and O–H groups in total. The van der Waals surface area contributed by atoms with Gasteiger partial charge in [-0.1, -0.05) is 194 Å². The predicted molar refractivity (Wildman–Crippen MR) is 278 cm³/mol. The average Bonchev–Trinajstić information content (AvgIpc) is 3.83. The van der Waals surface area contributed by atoms with Crippen molar-refractivity contribution in [2.24, 2.45) is 0 Å². The molecule has 0 spiro atoms. The highest BCUT2D eigenvalue weighted by molar-refractivity contribution is 6.14. The van der Waals surface area contributed by atoms with Crippen molar-refractivity contribution in [1.29, 1.82) is 0 Å². The highest BCUT2D eigenvalue weighted by Crippen LogP contribution is 2.56. The normalized spacial score (nSPS) is 16.5. The monoisotopic (exact) mass is 898 g/mol. The number of ether oxygens (including phenoxy) is 4. The summed E-state index contributed by atoms with van der Waals surface area (Å²) >= 11 is 0. The Bertz CT molecular complexity index is 3530. The Balaban J connectivity index is 1.22. The summed E-state index contributed by atoms with van der Waals surface area (Å²) < 4.78 is 26.9. The number of aliphatic hydroxyl groups is 2. The minimum absolute atomic E-state index is 0.563. The van der Waals surface area contributed by atoms with Crippen LogP contribution in [0, 0.1) is 0 Å². The van der Waals surface area contributed by atoms with Crippen LogP contribution in [0.25, 0.3) is 86.2 Å². The largest absolute Gasteiger partial charge is 0.413 e. The Morgan fingerprint density at radius 3 is 0.754 bits per heavy atom. The number of benzene rings is 12. The summed E-state index contributed by atoms with van der Waals surface area (Å²) in [4.78, 5) is 0. The SMILES string of the molecule is COC1(OC)OC(C(O)(c2cc3ccccc3c3ccccc23)c2cc3ccccc3c3ccccc23)C(C(O)(c2cc3ccccc3c3ccccc23)c2cc3ccccc3c3ccccc23)O1. The molecule has 0 amide bonds. The maximum atomic E-state index is 15.2. The molecule has 69 heavy (non-hydrogen) atoms. The van der Waals surface area contributed by atoms with Gasteiger partial charge in [-0.25, -0.2) is 0 Å². The van der Waals surface area contributed by atoms with E-state index in [1.54, 1.807) is 0 Å². The molecule has 0 saturated carbocycles. The Morgan fingerprint density at radius 2 is 0.522 bits per heavy atom. The number of hydrogen-bond acceptors (Lipinski definition) is 6. The molecule has 13 rings (SSSR count). The van der Waals surface area contributed by atoms with Gasteiger partial charge in [0.2, 0.25) is 0 Å². The summed E-state index contributed by atoms with van der Waals surface area (Å²) in [5.41, 5.74) is -1.99. The van der Waals surface area contributed by atoms with Crippen LogP contribution >= 0.6 is 0 Å². The van der Waals surface area contributed by atoms with E-state index in [4.69, 9.17) is 18.9 Å². The van der Waals surface area contributed by atoms with Crippen molar-refractivity contribution >= 4 is 86.2 Å². The van der Waals surface area contributed by atoms with Crippen LogP contribution in [0.2, 0.25) is 0 Å². The van der Waals surface area contributed by atoms with Crippen LogP contribution in [0.4, 0.5) is 0 Å². The molecule has 1 heterocycles. The first kappa shape index (κ1) is 41.7. The third-order valence-electron chi connectivity index (χ3n) is 14.9. The maximum absolute atomic E-state index is 15.2. The van der Waals surface area contributed by atoms with Gasteiger partial charge in [0.25, 0.3) is 0 Å². The fourth-order valence-corrected chi connectivity index (χ4v) is 11.7. The molecule has 2 atom stereocenters. The molecule has 0 aromatic heterocycles. The van der Waals surface area contributed by atoms with Crippen molar-refractivity contribution in [3.05, 3.63) is 241 Å². The second-order valence-electron chi connectivity index (χ2n) is 18.3. The van der Waals surface area contributed by atoms with E-state index < -0.39 is 29.6 Å². The smallest absolute Gasteiger partial charge is 0.377 e. The Kier molecular flexibility index (Phi) is 9.52. The topological polar surface area (TPSA) is 77.4 Å². The van der Waals surface area contributed by atoms with Crippen LogP contribution in [0.3, 0.4) is 0 Å². The third-order valence-corrected chi connectivity index (χ3v) is 14.9. The number of fused-ring (bicyclic) bond motifs is 12. The predicted octanol–water partition coefficient (Wildman–Crippen LogP) is 13.8. The highest BCUT2D eigenvalue weighted by atomic mass is 17.0. The summed E-state index contributed by atoms with van der Waals surface area (Å²) in [6.45, 7) is 0. The van der Waals surface area contributed by atoms with E-state index in [0.717, 1.165) is 86.2 Å². The highest BCUT2D eigenvalue weighted by Gasteiger charge is 2.66. The van der Waals surface area contributed by atoms with Crippen molar-refractivity contribution in [1.82, 2.24) is 0 Å². The molecule has 6 nitrogen and oxygen atoms in total. The van der Waals surface area contributed by atoms with E-state index in [1.807, 2.05) is 97.1 Å². The first-order valence-electron chi connectivity index (χ1n) is 23.4. The first-order valence-corrected chi connectivity index (χ1v) is 23.4. The van der Waals surface area contributed by atoms with E-state index in [0.29, 0.717) is 22.3 Å². The molecule has 1 saturated heterocycles. The Hall–Kier alpha value is -7.52. The van der Waals surface area contributed by atoms with Crippen LogP contribution in [0.15, 0.2) is 218 Å². The fourth-order valence-electron chi connectivity index (χ4n) is 11.7. The molecule has 12 aromatic carbocycles. The average molecular weight is 899 g/mol. The lowest BCUT2D eigenvalue weighted by atomic mass is 9.68. The zero-order valence-electron chi connectivity index (χ0n) is 38.0. The molecule has 0 bridgehead atoms. The Labute approximate surface area is 398 Å². The fraction of sp³-hybridized carbons (Fsp3) is 0.111. The van der Waals surface area contributed by atoms with Gasteiger partial charge in [-0.3, -0.25) is 9.47 Å². The van der Waals surface area contributed by atoms with Gasteiger partial charge in [0, 0.05) is 14.2 Å². The van der Waals surface area contributed by atoms with Gasteiger partial charge in [-0.05, 0) is 133 Å². The van der Waals surface area contributed by atoms with Crippen molar-refractivity contribution in [3.8, 4) is 0 Å². The van der Waals surface area contributed by atoms with Gasteiger partial charge < -0.3 is 19.7 Å². The van der Waals surface area contributed by atoms with Gasteiger partial charge in [0.1, 0.15) is 23.4 Å². The molecule has 0 radical (unpaired) electrons. The lowest BCUT2D eigenvalue weighted by Gasteiger charge is -2.44. The quantitative estimate of drug-likeness (QED) is 0.117. The van der Waals surface area contributed by atoms with Crippen LogP contribution in [-0.4, -0.2) is 42.8 Å². The molecule has 1 aliphatic rings. The summed E-state index contributed by atoms with van der Waals surface area (Å²) in [6, 6.07) is 73.9. The maximum Gasteiger partial charge on any atom is 0.413 e. The first-order chi connectivity index (χ1) is 33.8. The zero-order chi connectivity index (χ0) is 46.5. The van der Waals surface area contributed by atoms with Crippen molar-refractivity contribution in [2.45, 2.75) is 29.6 Å². The van der Waals surface area contributed by atoms with Crippen LogP contribution in [-0.2, 0) is 30.1 Å². The molecule has 0 aliphatic carbocycles.